The third kappa shape index (κ3) is 4.66. The van der Waals surface area contributed by atoms with Crippen molar-refractivity contribution in [3.05, 3.63) is 35.4 Å². The number of benzene rings is 1. The maximum atomic E-state index is 8.57. The van der Waals surface area contributed by atoms with Crippen LogP contribution in [0, 0.1) is 23.7 Å². The molecule has 82 valence electrons. The Morgan fingerprint density at radius 1 is 0.750 bits per heavy atom. The second-order valence-electron chi connectivity index (χ2n) is 3.13. The molecule has 0 aromatic heterocycles. The van der Waals surface area contributed by atoms with Gasteiger partial charge < -0.3 is 10.2 Å². The second-order valence-corrected chi connectivity index (χ2v) is 3.13. The van der Waals surface area contributed by atoms with Gasteiger partial charge in [-0.2, -0.15) is 0 Å². The molecule has 0 aliphatic heterocycles. The van der Waals surface area contributed by atoms with Crippen LogP contribution in [-0.2, 0) is 0 Å². The Bertz CT molecular complexity index is 381. The highest BCUT2D eigenvalue weighted by Gasteiger charge is 1.87. The number of aliphatic hydroxyl groups excluding tert-OH is 2. The summed E-state index contributed by atoms with van der Waals surface area (Å²) in [5.74, 6) is 11.6. The molecular formula is C14H14O2. The zero-order chi connectivity index (χ0) is 11.6. The molecular weight excluding hydrogens is 200 g/mol. The van der Waals surface area contributed by atoms with E-state index < -0.39 is 0 Å². The van der Waals surface area contributed by atoms with E-state index in [-0.39, 0.29) is 13.2 Å². The summed E-state index contributed by atoms with van der Waals surface area (Å²) in [5.41, 5.74) is 1.84. The molecule has 1 aromatic rings. The van der Waals surface area contributed by atoms with Gasteiger partial charge in [0.15, 0.2) is 0 Å². The monoisotopic (exact) mass is 214 g/mol. The van der Waals surface area contributed by atoms with Crippen molar-refractivity contribution >= 4 is 0 Å². The van der Waals surface area contributed by atoms with Crippen molar-refractivity contribution in [2.45, 2.75) is 12.8 Å². The van der Waals surface area contributed by atoms with Gasteiger partial charge in [0.05, 0.1) is 13.2 Å². The van der Waals surface area contributed by atoms with E-state index in [9.17, 15) is 0 Å². The lowest BCUT2D eigenvalue weighted by molar-refractivity contribution is 0.304. The third-order valence-electron chi connectivity index (χ3n) is 1.82. The van der Waals surface area contributed by atoms with Crippen LogP contribution in [0.1, 0.15) is 24.0 Å². The fraction of sp³-hybridized carbons (Fsp3) is 0.286. The van der Waals surface area contributed by atoms with E-state index in [1.165, 1.54) is 0 Å². The van der Waals surface area contributed by atoms with E-state index in [1.54, 1.807) is 0 Å². The van der Waals surface area contributed by atoms with Crippen molar-refractivity contribution < 1.29 is 10.2 Å². The van der Waals surface area contributed by atoms with Gasteiger partial charge in [0.25, 0.3) is 0 Å². The molecule has 0 radical (unpaired) electrons. The summed E-state index contributed by atoms with van der Waals surface area (Å²) in [6.45, 7) is 0.190. The molecule has 1 rings (SSSR count). The highest BCUT2D eigenvalue weighted by atomic mass is 16.3. The second kappa shape index (κ2) is 7.54. The molecule has 16 heavy (non-hydrogen) atoms. The molecule has 0 unspecified atom stereocenters. The van der Waals surface area contributed by atoms with Crippen molar-refractivity contribution in [2.24, 2.45) is 0 Å². The minimum absolute atomic E-state index is 0.0950. The molecule has 0 atom stereocenters. The number of rotatable bonds is 2. The molecule has 0 heterocycles. The average molecular weight is 214 g/mol. The molecule has 0 saturated carbocycles. The molecule has 1 aromatic carbocycles. The summed E-state index contributed by atoms with van der Waals surface area (Å²) in [6, 6.07) is 7.58. The van der Waals surface area contributed by atoms with E-state index in [0.29, 0.717) is 12.8 Å². The highest BCUT2D eigenvalue weighted by molar-refractivity contribution is 5.41. The molecule has 0 fully saturated rings. The van der Waals surface area contributed by atoms with Gasteiger partial charge >= 0.3 is 0 Å². The summed E-state index contributed by atoms with van der Waals surface area (Å²) in [5, 5.41) is 17.1. The van der Waals surface area contributed by atoms with Crippen LogP contribution in [0.25, 0.3) is 0 Å². The summed E-state index contributed by atoms with van der Waals surface area (Å²) in [4.78, 5) is 0. The van der Waals surface area contributed by atoms with Crippen LogP contribution in [0.2, 0.25) is 0 Å². The van der Waals surface area contributed by atoms with Crippen LogP contribution in [0.3, 0.4) is 0 Å². The summed E-state index contributed by atoms with van der Waals surface area (Å²) >= 11 is 0. The Labute approximate surface area is 95.9 Å². The van der Waals surface area contributed by atoms with Crippen LogP contribution >= 0.6 is 0 Å². The van der Waals surface area contributed by atoms with Gasteiger partial charge in [-0.15, -0.1) is 0 Å². The normalized spacial score (nSPS) is 8.62. The first-order chi connectivity index (χ1) is 7.86. The maximum absolute atomic E-state index is 8.57. The molecule has 0 bridgehead atoms. The van der Waals surface area contributed by atoms with Gasteiger partial charge in [0.2, 0.25) is 0 Å². The lowest BCUT2D eigenvalue weighted by atomic mass is 10.1. The molecule has 0 spiro atoms. The Kier molecular flexibility index (Phi) is 5.81. The molecule has 0 aliphatic carbocycles. The minimum atomic E-state index is 0.0950. The van der Waals surface area contributed by atoms with Crippen LogP contribution in [-0.4, -0.2) is 23.4 Å². The Balaban J connectivity index is 2.63. The molecule has 2 N–H and O–H groups in total. The van der Waals surface area contributed by atoms with Gasteiger partial charge in [0, 0.05) is 24.0 Å². The Morgan fingerprint density at radius 3 is 1.44 bits per heavy atom. The van der Waals surface area contributed by atoms with E-state index in [1.807, 2.05) is 24.3 Å². The molecule has 0 amide bonds. The number of hydrogen-bond donors (Lipinski definition) is 2. The summed E-state index contributed by atoms with van der Waals surface area (Å²) in [6.07, 6.45) is 0.996. The van der Waals surface area contributed by atoms with Crippen LogP contribution in [0.15, 0.2) is 24.3 Å². The van der Waals surface area contributed by atoms with E-state index in [0.717, 1.165) is 11.1 Å². The quantitative estimate of drug-likeness (QED) is 0.725. The zero-order valence-electron chi connectivity index (χ0n) is 9.03. The van der Waals surface area contributed by atoms with E-state index in [2.05, 4.69) is 23.7 Å². The average Bonchev–Trinajstić information content (AvgIpc) is 2.32. The third-order valence-corrected chi connectivity index (χ3v) is 1.82. The van der Waals surface area contributed by atoms with Crippen LogP contribution in [0.4, 0.5) is 0 Å². The predicted molar refractivity (Wildman–Crippen MR) is 63.6 cm³/mol. The lowest BCUT2D eigenvalue weighted by Crippen LogP contribution is -1.80. The van der Waals surface area contributed by atoms with Crippen molar-refractivity contribution in [3.8, 4) is 23.7 Å². The van der Waals surface area contributed by atoms with E-state index >= 15 is 0 Å². The van der Waals surface area contributed by atoms with Crippen molar-refractivity contribution in [1.29, 1.82) is 0 Å². The summed E-state index contributed by atoms with van der Waals surface area (Å²) in [7, 11) is 0. The van der Waals surface area contributed by atoms with Crippen LogP contribution < -0.4 is 0 Å². The fourth-order valence-corrected chi connectivity index (χ4v) is 1.08. The van der Waals surface area contributed by atoms with Crippen molar-refractivity contribution in [3.63, 3.8) is 0 Å². The first-order valence-corrected chi connectivity index (χ1v) is 5.16. The Hall–Kier alpha value is -1.74. The first-order valence-electron chi connectivity index (χ1n) is 5.16. The van der Waals surface area contributed by atoms with E-state index in [4.69, 9.17) is 10.2 Å². The molecule has 2 heteroatoms. The first kappa shape index (κ1) is 12.3. The number of hydrogen-bond acceptors (Lipinski definition) is 2. The van der Waals surface area contributed by atoms with Crippen molar-refractivity contribution in [2.75, 3.05) is 13.2 Å². The van der Waals surface area contributed by atoms with Crippen molar-refractivity contribution in [1.82, 2.24) is 0 Å². The zero-order valence-corrected chi connectivity index (χ0v) is 9.03. The smallest absolute Gasteiger partial charge is 0.0540 e. The predicted octanol–water partition coefficient (Wildman–Crippen LogP) is 1.15. The maximum Gasteiger partial charge on any atom is 0.0540 e. The van der Waals surface area contributed by atoms with Gasteiger partial charge in [0.1, 0.15) is 0 Å². The SMILES string of the molecule is OCCC#Cc1ccc(C#CCCO)cc1. The standard InChI is InChI=1S/C14H14O2/c15-11-3-1-5-13-7-9-14(10-8-13)6-2-4-12-16/h7-10,15-16H,3-4,11-12H2. The van der Waals surface area contributed by atoms with Gasteiger partial charge in [-0.25, -0.2) is 0 Å². The van der Waals surface area contributed by atoms with Crippen LogP contribution in [0.5, 0.6) is 0 Å². The summed E-state index contributed by atoms with van der Waals surface area (Å²) < 4.78 is 0. The topological polar surface area (TPSA) is 40.5 Å². The van der Waals surface area contributed by atoms with Gasteiger partial charge in [-0.3, -0.25) is 0 Å². The number of aliphatic hydroxyl groups is 2. The molecule has 0 aliphatic rings. The largest absolute Gasteiger partial charge is 0.395 e. The highest BCUT2D eigenvalue weighted by Crippen LogP contribution is 2.01. The lowest BCUT2D eigenvalue weighted by Gasteiger charge is -1.91. The molecule has 2 nitrogen and oxygen atoms in total. The minimum Gasteiger partial charge on any atom is -0.395 e. The molecule has 0 saturated heterocycles. The van der Waals surface area contributed by atoms with Gasteiger partial charge in [-0.1, -0.05) is 23.7 Å². The fourth-order valence-electron chi connectivity index (χ4n) is 1.08. The Morgan fingerprint density at radius 2 is 1.12 bits per heavy atom. The van der Waals surface area contributed by atoms with Gasteiger partial charge in [-0.05, 0) is 24.3 Å².